The molecule has 0 N–H and O–H groups in total. The van der Waals surface area contributed by atoms with E-state index in [1.54, 1.807) is 7.11 Å². The summed E-state index contributed by atoms with van der Waals surface area (Å²) in [7, 11) is 1.71. The fourth-order valence-corrected chi connectivity index (χ4v) is 3.71. The van der Waals surface area contributed by atoms with Gasteiger partial charge < -0.3 is 4.74 Å². The van der Waals surface area contributed by atoms with Gasteiger partial charge in [0.25, 0.3) is 0 Å². The van der Waals surface area contributed by atoms with Gasteiger partial charge in [-0.15, -0.1) is 0 Å². The molecule has 104 valence electrons. The monoisotopic (exact) mass is 253 g/mol. The van der Waals surface area contributed by atoms with Gasteiger partial charge in [0.05, 0.1) is 5.54 Å². The third-order valence-electron chi connectivity index (χ3n) is 4.80. The molecule has 0 bridgehead atoms. The molecule has 0 aromatic heterocycles. The standard InChI is InChI=1S/C15H27NO2/c1-13(7-12-18-2)14(17)15(8-3-4-9-15)16-10-5-6-11-16/h13H,3-12H2,1-2H3. The Morgan fingerprint density at radius 1 is 1.22 bits per heavy atom. The van der Waals surface area contributed by atoms with Crippen LogP contribution >= 0.6 is 0 Å². The van der Waals surface area contributed by atoms with E-state index in [0.717, 1.165) is 32.4 Å². The first kappa shape index (κ1) is 14.0. The second-order valence-corrected chi connectivity index (χ2v) is 5.98. The van der Waals surface area contributed by atoms with E-state index >= 15 is 0 Å². The summed E-state index contributed by atoms with van der Waals surface area (Å²) in [5.41, 5.74) is -0.107. The number of ether oxygens (including phenoxy) is 1. The normalized spacial score (nSPS) is 25.4. The highest BCUT2D eigenvalue weighted by molar-refractivity contribution is 5.90. The SMILES string of the molecule is COCCC(C)C(=O)C1(N2CCCC2)CCCC1. The van der Waals surface area contributed by atoms with Crippen molar-refractivity contribution in [2.24, 2.45) is 5.92 Å². The van der Waals surface area contributed by atoms with E-state index in [1.165, 1.54) is 25.7 Å². The average molecular weight is 253 g/mol. The van der Waals surface area contributed by atoms with Crippen molar-refractivity contribution >= 4 is 5.78 Å². The maximum Gasteiger partial charge on any atom is 0.155 e. The van der Waals surface area contributed by atoms with E-state index in [4.69, 9.17) is 4.74 Å². The van der Waals surface area contributed by atoms with Gasteiger partial charge in [0, 0.05) is 19.6 Å². The summed E-state index contributed by atoms with van der Waals surface area (Å²) in [5.74, 6) is 0.627. The predicted octanol–water partition coefficient (Wildman–Crippen LogP) is 2.64. The number of carbonyl (C=O) groups excluding carboxylic acids is 1. The van der Waals surface area contributed by atoms with Crippen LogP contribution in [0.4, 0.5) is 0 Å². The van der Waals surface area contributed by atoms with Gasteiger partial charge in [-0.1, -0.05) is 19.8 Å². The molecule has 0 aromatic carbocycles. The molecule has 3 nitrogen and oxygen atoms in total. The predicted molar refractivity (Wildman–Crippen MR) is 72.7 cm³/mol. The Balaban J connectivity index is 2.06. The van der Waals surface area contributed by atoms with Gasteiger partial charge in [-0.3, -0.25) is 9.69 Å². The topological polar surface area (TPSA) is 29.5 Å². The minimum absolute atomic E-state index is 0.107. The summed E-state index contributed by atoms with van der Waals surface area (Å²) in [5, 5.41) is 0. The van der Waals surface area contributed by atoms with Gasteiger partial charge in [-0.2, -0.15) is 0 Å². The van der Waals surface area contributed by atoms with Crippen molar-refractivity contribution in [3.63, 3.8) is 0 Å². The molecule has 1 aliphatic heterocycles. The molecule has 1 heterocycles. The van der Waals surface area contributed by atoms with Crippen molar-refractivity contribution in [2.75, 3.05) is 26.8 Å². The van der Waals surface area contributed by atoms with Crippen molar-refractivity contribution in [3.05, 3.63) is 0 Å². The molecule has 0 amide bonds. The molecule has 0 radical (unpaired) electrons. The molecule has 0 spiro atoms. The number of methoxy groups -OCH3 is 1. The van der Waals surface area contributed by atoms with E-state index in [-0.39, 0.29) is 11.5 Å². The molecule has 1 unspecified atom stereocenters. The largest absolute Gasteiger partial charge is 0.385 e. The lowest BCUT2D eigenvalue weighted by Gasteiger charge is -2.39. The molecule has 18 heavy (non-hydrogen) atoms. The summed E-state index contributed by atoms with van der Waals surface area (Å²) in [4.78, 5) is 15.4. The summed E-state index contributed by atoms with van der Waals surface area (Å²) in [6, 6.07) is 0. The van der Waals surface area contributed by atoms with Crippen LogP contribution in [0, 0.1) is 5.92 Å². The first-order valence-corrected chi connectivity index (χ1v) is 7.49. The molecular weight excluding hydrogens is 226 g/mol. The van der Waals surface area contributed by atoms with Crippen molar-refractivity contribution in [2.45, 2.75) is 57.4 Å². The zero-order valence-electron chi connectivity index (χ0n) is 11.9. The van der Waals surface area contributed by atoms with E-state index in [1.807, 2.05) is 0 Å². The van der Waals surface area contributed by atoms with E-state index in [9.17, 15) is 4.79 Å². The molecule has 3 heteroatoms. The highest BCUT2D eigenvalue weighted by Gasteiger charge is 2.47. The van der Waals surface area contributed by atoms with Gasteiger partial charge in [-0.05, 0) is 45.2 Å². The average Bonchev–Trinajstić information content (AvgIpc) is 3.04. The fraction of sp³-hybridized carbons (Fsp3) is 0.933. The van der Waals surface area contributed by atoms with Gasteiger partial charge in [-0.25, -0.2) is 0 Å². The molecule has 1 aliphatic carbocycles. The second-order valence-electron chi connectivity index (χ2n) is 5.98. The van der Waals surface area contributed by atoms with E-state index in [0.29, 0.717) is 12.4 Å². The Morgan fingerprint density at radius 2 is 1.83 bits per heavy atom. The highest BCUT2D eigenvalue weighted by atomic mass is 16.5. The van der Waals surface area contributed by atoms with Crippen molar-refractivity contribution < 1.29 is 9.53 Å². The van der Waals surface area contributed by atoms with Gasteiger partial charge in [0.1, 0.15) is 0 Å². The van der Waals surface area contributed by atoms with Crippen LogP contribution in [0.25, 0.3) is 0 Å². The maximum atomic E-state index is 12.9. The third kappa shape index (κ3) is 2.62. The number of ketones is 1. The van der Waals surface area contributed by atoms with Crippen LogP contribution < -0.4 is 0 Å². The summed E-state index contributed by atoms with van der Waals surface area (Å²) in [6.45, 7) is 5.03. The lowest BCUT2D eigenvalue weighted by molar-refractivity contribution is -0.134. The smallest absolute Gasteiger partial charge is 0.155 e. The van der Waals surface area contributed by atoms with Gasteiger partial charge in [0.15, 0.2) is 5.78 Å². The van der Waals surface area contributed by atoms with E-state index in [2.05, 4.69) is 11.8 Å². The number of nitrogens with zero attached hydrogens (tertiary/aromatic N) is 1. The van der Waals surface area contributed by atoms with Crippen LogP contribution in [0.5, 0.6) is 0 Å². The summed E-state index contributed by atoms with van der Waals surface area (Å²) < 4.78 is 5.12. The Labute approximate surface area is 111 Å². The molecule has 1 saturated heterocycles. The third-order valence-corrected chi connectivity index (χ3v) is 4.80. The zero-order valence-corrected chi connectivity index (χ0v) is 11.9. The minimum atomic E-state index is -0.107. The Morgan fingerprint density at radius 3 is 2.39 bits per heavy atom. The molecule has 2 fully saturated rings. The van der Waals surface area contributed by atoms with E-state index < -0.39 is 0 Å². The molecule has 0 aromatic rings. The minimum Gasteiger partial charge on any atom is -0.385 e. The summed E-state index contributed by atoms with van der Waals surface area (Å²) >= 11 is 0. The molecule has 2 aliphatic rings. The van der Waals surface area contributed by atoms with Crippen LogP contribution in [0.2, 0.25) is 0 Å². The lowest BCUT2D eigenvalue weighted by Crippen LogP contribution is -2.53. The van der Waals surface area contributed by atoms with Crippen molar-refractivity contribution in [1.82, 2.24) is 4.90 Å². The van der Waals surface area contributed by atoms with Gasteiger partial charge >= 0.3 is 0 Å². The van der Waals surface area contributed by atoms with Crippen LogP contribution in [-0.2, 0) is 9.53 Å². The first-order valence-electron chi connectivity index (χ1n) is 7.49. The van der Waals surface area contributed by atoms with Crippen molar-refractivity contribution in [3.8, 4) is 0 Å². The number of hydrogen-bond acceptors (Lipinski definition) is 3. The molecule has 1 atom stereocenters. The van der Waals surface area contributed by atoms with Crippen LogP contribution in [0.1, 0.15) is 51.9 Å². The van der Waals surface area contributed by atoms with Gasteiger partial charge in [0.2, 0.25) is 0 Å². The molecular formula is C15H27NO2. The molecule has 1 saturated carbocycles. The lowest BCUT2D eigenvalue weighted by atomic mass is 9.82. The number of likely N-dealkylation sites (tertiary alicyclic amines) is 1. The molecule has 2 rings (SSSR count). The first-order chi connectivity index (χ1) is 8.70. The Hall–Kier alpha value is -0.410. The van der Waals surface area contributed by atoms with Crippen LogP contribution in [-0.4, -0.2) is 43.0 Å². The van der Waals surface area contributed by atoms with Crippen LogP contribution in [0.15, 0.2) is 0 Å². The van der Waals surface area contributed by atoms with Crippen molar-refractivity contribution in [1.29, 1.82) is 0 Å². The zero-order chi connectivity index (χ0) is 13.0. The second kappa shape index (κ2) is 6.16. The number of carbonyl (C=O) groups is 1. The Bertz CT molecular complexity index is 278. The van der Waals surface area contributed by atoms with Crippen LogP contribution in [0.3, 0.4) is 0 Å². The number of hydrogen-bond donors (Lipinski definition) is 0. The Kier molecular flexibility index (Phi) is 4.79. The summed E-state index contributed by atoms with van der Waals surface area (Å²) in [6.07, 6.45) is 8.01. The fourth-order valence-electron chi connectivity index (χ4n) is 3.71. The maximum absolute atomic E-state index is 12.9. The quantitative estimate of drug-likeness (QED) is 0.729. The number of Topliss-reactive ketones (excluding diaryl/α,β-unsaturated/α-hetero) is 1. The number of rotatable bonds is 6. The highest BCUT2D eigenvalue weighted by Crippen LogP contribution is 2.40.